The summed E-state index contributed by atoms with van der Waals surface area (Å²) in [6.45, 7) is 11.6. The predicted molar refractivity (Wildman–Crippen MR) is 137 cm³/mol. The molecule has 0 amide bonds. The topological polar surface area (TPSA) is 41.5 Å². The molecular formula is C29H36N4O. The number of nitrogens with zero attached hydrogens (tertiary/aromatic N) is 4. The highest BCUT2D eigenvalue weighted by atomic mass is 16.5. The van der Waals surface area contributed by atoms with Gasteiger partial charge in [-0.1, -0.05) is 55.8 Å². The molecule has 0 aliphatic carbocycles. The van der Waals surface area contributed by atoms with E-state index in [1.54, 1.807) is 0 Å². The Balaban J connectivity index is 1.19. The van der Waals surface area contributed by atoms with Crippen LogP contribution >= 0.6 is 0 Å². The van der Waals surface area contributed by atoms with Gasteiger partial charge < -0.3 is 14.5 Å². The van der Waals surface area contributed by atoms with Gasteiger partial charge >= 0.3 is 0 Å². The van der Waals surface area contributed by atoms with E-state index in [4.69, 9.17) is 9.72 Å². The fourth-order valence-electron chi connectivity index (χ4n) is 5.19. The molecule has 0 bridgehead atoms. The first-order valence-corrected chi connectivity index (χ1v) is 12.4. The van der Waals surface area contributed by atoms with Crippen LogP contribution in [-0.2, 0) is 12.0 Å². The molecule has 178 valence electrons. The van der Waals surface area contributed by atoms with Crippen LogP contribution in [0.1, 0.15) is 49.1 Å². The van der Waals surface area contributed by atoms with Crippen LogP contribution in [0.5, 0.6) is 5.75 Å². The molecule has 2 aliphatic rings. The van der Waals surface area contributed by atoms with Gasteiger partial charge in [0.25, 0.3) is 0 Å². The SMILES string of the molecule is Cc1ccc(C(C)(C)c2ccc(OCc3ccnc(N4CC5(CCN(C)CC5)C4)n3)cc2)cc1. The van der Waals surface area contributed by atoms with E-state index in [-0.39, 0.29) is 5.41 Å². The highest BCUT2D eigenvalue weighted by molar-refractivity contribution is 5.41. The van der Waals surface area contributed by atoms with Gasteiger partial charge in [-0.2, -0.15) is 0 Å². The molecule has 2 aliphatic heterocycles. The van der Waals surface area contributed by atoms with Gasteiger partial charge in [0.05, 0.1) is 5.69 Å². The summed E-state index contributed by atoms with van der Waals surface area (Å²) in [6.07, 6.45) is 4.41. The third-order valence-electron chi connectivity index (χ3n) is 7.82. The van der Waals surface area contributed by atoms with Crippen LogP contribution in [-0.4, -0.2) is 48.1 Å². The molecule has 1 aromatic heterocycles. The minimum absolute atomic E-state index is 0.0594. The average Bonchev–Trinajstić information content (AvgIpc) is 2.83. The normalized spacial score (nSPS) is 18.1. The summed E-state index contributed by atoms with van der Waals surface area (Å²) in [6, 6.07) is 19.2. The predicted octanol–water partition coefficient (Wildman–Crippen LogP) is 5.22. The molecule has 5 heteroatoms. The maximum Gasteiger partial charge on any atom is 0.225 e. The van der Waals surface area contributed by atoms with Crippen molar-refractivity contribution in [1.82, 2.24) is 14.9 Å². The fraction of sp³-hybridized carbons (Fsp3) is 0.448. The van der Waals surface area contributed by atoms with E-state index in [9.17, 15) is 0 Å². The average molecular weight is 457 g/mol. The number of benzene rings is 2. The number of aryl methyl sites for hydroxylation is 1. The number of likely N-dealkylation sites (tertiary alicyclic amines) is 1. The van der Waals surface area contributed by atoms with Crippen molar-refractivity contribution in [1.29, 1.82) is 0 Å². The van der Waals surface area contributed by atoms with Gasteiger partial charge in [0.2, 0.25) is 5.95 Å². The zero-order chi connectivity index (χ0) is 23.8. The zero-order valence-corrected chi connectivity index (χ0v) is 20.9. The number of anilines is 1. The van der Waals surface area contributed by atoms with Gasteiger partial charge in [-0.05, 0) is 69.2 Å². The number of aromatic nitrogens is 2. The molecule has 2 saturated heterocycles. The summed E-state index contributed by atoms with van der Waals surface area (Å²) in [5.74, 6) is 1.69. The lowest BCUT2D eigenvalue weighted by Crippen LogP contribution is -2.60. The van der Waals surface area contributed by atoms with Crippen LogP contribution in [0.4, 0.5) is 5.95 Å². The van der Waals surface area contributed by atoms with Crippen molar-refractivity contribution in [2.24, 2.45) is 5.41 Å². The van der Waals surface area contributed by atoms with Crippen molar-refractivity contribution in [2.45, 2.75) is 45.6 Å². The third kappa shape index (κ3) is 4.67. The summed E-state index contributed by atoms with van der Waals surface area (Å²) in [5.41, 5.74) is 5.19. The van der Waals surface area contributed by atoms with E-state index in [1.165, 1.54) is 42.6 Å². The molecule has 3 heterocycles. The second kappa shape index (κ2) is 9.03. The Morgan fingerprint density at radius 3 is 2.18 bits per heavy atom. The zero-order valence-electron chi connectivity index (χ0n) is 20.9. The molecule has 0 atom stereocenters. The molecule has 0 radical (unpaired) electrons. The molecule has 0 unspecified atom stereocenters. The smallest absolute Gasteiger partial charge is 0.225 e. The van der Waals surface area contributed by atoms with Crippen LogP contribution in [0.2, 0.25) is 0 Å². The van der Waals surface area contributed by atoms with Crippen molar-refractivity contribution in [3.05, 3.63) is 83.2 Å². The molecule has 0 saturated carbocycles. The molecule has 2 aromatic carbocycles. The Kier molecular flexibility index (Phi) is 6.07. The minimum Gasteiger partial charge on any atom is -0.487 e. The quantitative estimate of drug-likeness (QED) is 0.509. The van der Waals surface area contributed by atoms with Gasteiger partial charge in [-0.3, -0.25) is 0 Å². The van der Waals surface area contributed by atoms with Crippen LogP contribution in [0.3, 0.4) is 0 Å². The highest BCUT2D eigenvalue weighted by Gasteiger charge is 2.45. The number of hydrogen-bond acceptors (Lipinski definition) is 5. The minimum atomic E-state index is -0.0594. The maximum absolute atomic E-state index is 6.07. The highest BCUT2D eigenvalue weighted by Crippen LogP contribution is 2.41. The van der Waals surface area contributed by atoms with Crippen molar-refractivity contribution in [3.63, 3.8) is 0 Å². The molecule has 1 spiro atoms. The third-order valence-corrected chi connectivity index (χ3v) is 7.82. The molecule has 3 aromatic rings. The van der Waals surface area contributed by atoms with Gasteiger partial charge in [-0.25, -0.2) is 9.97 Å². The van der Waals surface area contributed by atoms with Crippen molar-refractivity contribution in [3.8, 4) is 5.75 Å². The molecule has 2 fully saturated rings. The molecular weight excluding hydrogens is 420 g/mol. The number of hydrogen-bond donors (Lipinski definition) is 0. The number of piperidine rings is 1. The van der Waals surface area contributed by atoms with E-state index >= 15 is 0 Å². The van der Waals surface area contributed by atoms with Gasteiger partial charge in [0, 0.05) is 30.1 Å². The Bertz CT molecular complexity index is 1110. The van der Waals surface area contributed by atoms with Crippen molar-refractivity contribution < 1.29 is 4.74 Å². The first-order valence-electron chi connectivity index (χ1n) is 12.4. The van der Waals surface area contributed by atoms with E-state index < -0.39 is 0 Å². The second-order valence-corrected chi connectivity index (χ2v) is 10.8. The Morgan fingerprint density at radius 2 is 1.53 bits per heavy atom. The van der Waals surface area contributed by atoms with Crippen LogP contribution in [0.15, 0.2) is 60.8 Å². The van der Waals surface area contributed by atoms with E-state index in [0.29, 0.717) is 12.0 Å². The summed E-state index contributed by atoms with van der Waals surface area (Å²) in [5, 5.41) is 0. The largest absolute Gasteiger partial charge is 0.487 e. The van der Waals surface area contributed by atoms with Gasteiger partial charge in [-0.15, -0.1) is 0 Å². The summed E-state index contributed by atoms with van der Waals surface area (Å²) >= 11 is 0. The maximum atomic E-state index is 6.07. The lowest BCUT2D eigenvalue weighted by Gasteiger charge is -2.53. The monoisotopic (exact) mass is 456 g/mol. The van der Waals surface area contributed by atoms with E-state index in [2.05, 4.69) is 91.1 Å². The van der Waals surface area contributed by atoms with Crippen LogP contribution in [0, 0.1) is 12.3 Å². The molecule has 5 rings (SSSR count). The summed E-state index contributed by atoms with van der Waals surface area (Å²) in [4.78, 5) is 14.1. The molecule has 34 heavy (non-hydrogen) atoms. The Hall–Kier alpha value is -2.92. The van der Waals surface area contributed by atoms with Crippen molar-refractivity contribution >= 4 is 5.95 Å². The lowest BCUT2D eigenvalue weighted by molar-refractivity contribution is 0.0893. The van der Waals surface area contributed by atoms with Gasteiger partial charge in [0.1, 0.15) is 12.4 Å². The number of rotatable bonds is 6. The van der Waals surface area contributed by atoms with Crippen molar-refractivity contribution in [2.75, 3.05) is 38.1 Å². The second-order valence-electron chi connectivity index (χ2n) is 10.8. The first kappa shape index (κ1) is 22.9. The molecule has 5 nitrogen and oxygen atoms in total. The van der Waals surface area contributed by atoms with Gasteiger partial charge in [0.15, 0.2) is 0 Å². The number of ether oxygens (including phenoxy) is 1. The van der Waals surface area contributed by atoms with Crippen LogP contribution in [0.25, 0.3) is 0 Å². The van der Waals surface area contributed by atoms with E-state index in [1.807, 2.05) is 12.3 Å². The Morgan fingerprint density at radius 1 is 0.912 bits per heavy atom. The van der Waals surface area contributed by atoms with Crippen LogP contribution < -0.4 is 9.64 Å². The summed E-state index contributed by atoms with van der Waals surface area (Å²) < 4.78 is 6.07. The first-order chi connectivity index (χ1) is 16.3. The standard InChI is InChI=1S/C29H36N4O/c1-22-5-7-23(8-6-22)28(2,3)24-9-11-26(12-10-24)34-19-25-13-16-30-27(31-25)33-20-29(21-33)14-17-32(4)18-15-29/h5-13,16H,14-15,17-21H2,1-4H3. The lowest BCUT2D eigenvalue weighted by atomic mass is 9.72. The van der Waals surface area contributed by atoms with E-state index in [0.717, 1.165) is 30.5 Å². The summed E-state index contributed by atoms with van der Waals surface area (Å²) in [7, 11) is 2.22. The molecule has 0 N–H and O–H groups in total. The Labute approximate surface area is 203 Å². The fourth-order valence-corrected chi connectivity index (χ4v) is 5.19.